The second-order valence-electron chi connectivity index (χ2n) is 14.0. The summed E-state index contributed by atoms with van der Waals surface area (Å²) in [7, 11) is 1.50. The Kier molecular flexibility index (Phi) is 13.0. The van der Waals surface area contributed by atoms with E-state index in [1.807, 2.05) is 63.9 Å². The van der Waals surface area contributed by atoms with Gasteiger partial charge in [0.15, 0.2) is 0 Å². The van der Waals surface area contributed by atoms with E-state index >= 15 is 0 Å². The maximum Gasteiger partial charge on any atom is 0.424 e. The molecule has 1 saturated heterocycles. The number of ether oxygens (including phenoxy) is 3. The van der Waals surface area contributed by atoms with Crippen molar-refractivity contribution in [1.82, 2.24) is 29.3 Å². The number of carbonyl (C=O) groups is 4. The van der Waals surface area contributed by atoms with Gasteiger partial charge in [0.25, 0.3) is 5.91 Å². The van der Waals surface area contributed by atoms with Gasteiger partial charge in [0, 0.05) is 50.4 Å². The van der Waals surface area contributed by atoms with E-state index in [-0.39, 0.29) is 42.4 Å². The highest BCUT2D eigenvalue weighted by Gasteiger charge is 2.30. The second kappa shape index (κ2) is 17.9. The molecule has 5 rings (SSSR count). The summed E-state index contributed by atoms with van der Waals surface area (Å²) in [5.74, 6) is -0.0443. The summed E-state index contributed by atoms with van der Waals surface area (Å²) in [4.78, 5) is 54.4. The molecule has 17 heteroatoms. The number of hydrogen-bond acceptors (Lipinski definition) is 12. The molecule has 0 saturated carbocycles. The van der Waals surface area contributed by atoms with Crippen LogP contribution in [0.3, 0.4) is 0 Å². The summed E-state index contributed by atoms with van der Waals surface area (Å²) in [5.41, 5.74) is 14.8. The number of fused-ring (bicyclic) bond motifs is 1. The highest BCUT2D eigenvalue weighted by molar-refractivity contribution is 6.03. The van der Waals surface area contributed by atoms with Crippen molar-refractivity contribution in [2.24, 2.45) is 5.73 Å². The number of anilines is 3. The standard InChI is InChI=1S/C39H50N10O7/c1-7-48-30(19-25(2)45-48)36(52)44-37-43-29-20-26(24-50)21-32(54-6)34(29)47(37)16-9-8-13-42-33-28(40)22-27(35(41)51)23-31(33)55-18-11-10-14-46-15-12-17-49(46)38(53)56-39(3,4)5/h8-11,19-24,42H,7,12-18,40H2,1-6H3,(H2,41,51)(H,43,44,52)/b9-8+,11-10+. The van der Waals surface area contributed by atoms with E-state index in [0.717, 1.165) is 13.0 Å². The number of aromatic nitrogens is 4. The zero-order valence-corrected chi connectivity index (χ0v) is 32.6. The Labute approximate surface area is 325 Å². The SMILES string of the molecule is CCn1nc(C)cc1C(=O)Nc1nc2cc(C=O)cc(OC)c2n1C/C=C/CNc1c(N)cc(C(N)=O)cc1OC/C=C/CN1CCCN1C(=O)OC(C)(C)C. The molecule has 2 aromatic heterocycles. The largest absolute Gasteiger partial charge is 0.494 e. The van der Waals surface area contributed by atoms with Gasteiger partial charge in [-0.15, -0.1) is 0 Å². The number of methoxy groups -OCH3 is 1. The predicted octanol–water partition coefficient (Wildman–Crippen LogP) is 4.78. The van der Waals surface area contributed by atoms with Crippen molar-refractivity contribution in [2.75, 3.05) is 56.3 Å². The van der Waals surface area contributed by atoms with Gasteiger partial charge in [-0.2, -0.15) is 5.10 Å². The van der Waals surface area contributed by atoms with Gasteiger partial charge in [-0.05, 0) is 71.4 Å². The molecule has 0 radical (unpaired) electrons. The monoisotopic (exact) mass is 770 g/mol. The average molecular weight is 771 g/mol. The van der Waals surface area contributed by atoms with E-state index in [0.29, 0.717) is 77.6 Å². The Balaban J connectivity index is 1.29. The first kappa shape index (κ1) is 40.8. The lowest BCUT2D eigenvalue weighted by molar-refractivity contribution is -0.0217. The lowest BCUT2D eigenvalue weighted by Gasteiger charge is -2.29. The number of nitrogens with zero attached hydrogens (tertiary/aromatic N) is 6. The van der Waals surface area contributed by atoms with Crippen molar-refractivity contribution in [3.05, 3.63) is 77.2 Å². The number of imidazole rings is 1. The number of aldehydes is 1. The maximum absolute atomic E-state index is 13.4. The number of nitrogens with two attached hydrogens (primary N) is 2. The lowest BCUT2D eigenvalue weighted by Crippen LogP contribution is -2.44. The van der Waals surface area contributed by atoms with Crippen LogP contribution < -0.4 is 31.6 Å². The van der Waals surface area contributed by atoms with E-state index in [1.165, 1.54) is 19.2 Å². The number of primary amides is 1. The van der Waals surface area contributed by atoms with Crippen molar-refractivity contribution >= 4 is 52.6 Å². The molecular formula is C39H50N10O7. The summed E-state index contributed by atoms with van der Waals surface area (Å²) in [6, 6.07) is 7.95. The van der Waals surface area contributed by atoms with E-state index in [4.69, 9.17) is 25.7 Å². The first-order valence-corrected chi connectivity index (χ1v) is 18.3. The number of hydrogen-bond donors (Lipinski definition) is 4. The van der Waals surface area contributed by atoms with Crippen LogP contribution in [0.5, 0.6) is 11.5 Å². The lowest BCUT2D eigenvalue weighted by atomic mass is 10.1. The minimum atomic E-state index is -0.653. The van der Waals surface area contributed by atoms with Gasteiger partial charge in [-0.3, -0.25) is 24.4 Å². The van der Waals surface area contributed by atoms with Gasteiger partial charge in [-0.25, -0.2) is 19.8 Å². The van der Waals surface area contributed by atoms with Crippen molar-refractivity contribution in [2.45, 2.75) is 59.7 Å². The molecule has 1 aliphatic rings. The first-order valence-electron chi connectivity index (χ1n) is 18.3. The van der Waals surface area contributed by atoms with Gasteiger partial charge < -0.3 is 35.6 Å². The molecule has 4 aromatic rings. The van der Waals surface area contributed by atoms with Gasteiger partial charge in [0.2, 0.25) is 11.9 Å². The molecule has 0 unspecified atom stereocenters. The van der Waals surface area contributed by atoms with Crippen molar-refractivity contribution in [3.63, 3.8) is 0 Å². The number of allylic oxidation sites excluding steroid dienone is 1. The van der Waals surface area contributed by atoms with E-state index < -0.39 is 11.5 Å². The number of rotatable bonds is 16. The van der Waals surface area contributed by atoms with Crippen LogP contribution in [-0.4, -0.2) is 99.0 Å². The van der Waals surface area contributed by atoms with E-state index in [2.05, 4.69) is 20.7 Å². The number of nitrogens with one attached hydrogen (secondary N) is 2. The fourth-order valence-electron chi connectivity index (χ4n) is 6.17. The number of hydrazine groups is 1. The maximum atomic E-state index is 13.4. The third-order valence-electron chi connectivity index (χ3n) is 8.66. The Morgan fingerprint density at radius 1 is 1.00 bits per heavy atom. The summed E-state index contributed by atoms with van der Waals surface area (Å²) >= 11 is 0. The zero-order chi connectivity index (χ0) is 40.6. The minimum absolute atomic E-state index is 0.154. The van der Waals surface area contributed by atoms with Crippen LogP contribution in [0, 0.1) is 6.92 Å². The molecule has 3 amide bonds. The number of benzene rings is 2. The Morgan fingerprint density at radius 3 is 2.46 bits per heavy atom. The van der Waals surface area contributed by atoms with Crippen molar-refractivity contribution in [3.8, 4) is 11.5 Å². The first-order chi connectivity index (χ1) is 26.7. The smallest absolute Gasteiger partial charge is 0.424 e. The van der Waals surface area contributed by atoms with Crippen LogP contribution in [0.15, 0.2) is 54.6 Å². The van der Waals surface area contributed by atoms with Crippen LogP contribution >= 0.6 is 0 Å². The summed E-state index contributed by atoms with van der Waals surface area (Å²) in [5, 5.41) is 14.1. The molecule has 1 fully saturated rings. The molecule has 3 heterocycles. The third-order valence-corrected chi connectivity index (χ3v) is 8.66. The highest BCUT2D eigenvalue weighted by Crippen LogP contribution is 2.33. The molecule has 6 N–H and O–H groups in total. The number of carbonyl (C=O) groups excluding carboxylic acids is 4. The highest BCUT2D eigenvalue weighted by atomic mass is 16.6. The molecular weight excluding hydrogens is 720 g/mol. The van der Waals surface area contributed by atoms with Crippen LogP contribution in [-0.2, 0) is 17.8 Å². The number of amides is 3. The summed E-state index contributed by atoms with van der Waals surface area (Å²) in [6.07, 6.45) is 8.60. The van der Waals surface area contributed by atoms with Gasteiger partial charge >= 0.3 is 6.09 Å². The molecule has 0 spiro atoms. The average Bonchev–Trinajstić information content (AvgIpc) is 3.87. The van der Waals surface area contributed by atoms with Crippen molar-refractivity contribution < 1.29 is 33.4 Å². The molecule has 0 bridgehead atoms. The van der Waals surface area contributed by atoms with E-state index in [9.17, 15) is 19.2 Å². The molecule has 2 aromatic carbocycles. The molecule has 298 valence electrons. The normalized spacial score (nSPS) is 13.5. The zero-order valence-electron chi connectivity index (χ0n) is 32.6. The van der Waals surface area contributed by atoms with Crippen LogP contribution in [0.2, 0.25) is 0 Å². The number of aryl methyl sites for hydroxylation is 2. The van der Waals surface area contributed by atoms with Crippen molar-refractivity contribution in [1.29, 1.82) is 0 Å². The second-order valence-corrected chi connectivity index (χ2v) is 14.0. The van der Waals surface area contributed by atoms with Gasteiger partial charge in [0.05, 0.1) is 24.0 Å². The summed E-state index contributed by atoms with van der Waals surface area (Å²) < 4.78 is 20.6. The Bertz CT molecular complexity index is 2150. The number of nitrogen functional groups attached to an aromatic ring is 1. The molecule has 56 heavy (non-hydrogen) atoms. The molecule has 17 nitrogen and oxygen atoms in total. The van der Waals surface area contributed by atoms with E-state index in [1.54, 1.807) is 32.5 Å². The quantitative estimate of drug-likeness (QED) is 0.0689. The Morgan fingerprint density at radius 2 is 1.77 bits per heavy atom. The van der Waals surface area contributed by atoms with Crippen LogP contribution in [0.25, 0.3) is 11.0 Å². The molecule has 1 aliphatic heterocycles. The van der Waals surface area contributed by atoms with Gasteiger partial charge in [0.1, 0.15) is 46.9 Å². The Hall–Kier alpha value is -6.36. The van der Waals surface area contributed by atoms with Crippen LogP contribution in [0.4, 0.5) is 22.1 Å². The predicted molar refractivity (Wildman–Crippen MR) is 213 cm³/mol. The fraction of sp³-hybridized carbons (Fsp3) is 0.385. The third kappa shape index (κ3) is 9.84. The topological polar surface area (TPSA) is 214 Å². The summed E-state index contributed by atoms with van der Waals surface area (Å²) in [6.45, 7) is 12.2. The van der Waals surface area contributed by atoms with Gasteiger partial charge in [-0.1, -0.05) is 24.3 Å². The fourth-order valence-corrected chi connectivity index (χ4v) is 6.17. The molecule has 0 atom stereocenters. The van der Waals surface area contributed by atoms with Crippen LogP contribution in [0.1, 0.15) is 71.0 Å². The molecule has 0 aliphatic carbocycles. The minimum Gasteiger partial charge on any atom is -0.494 e.